The lowest BCUT2D eigenvalue weighted by atomic mass is 9.94. The molecule has 0 aliphatic rings. The highest BCUT2D eigenvalue weighted by atomic mass is 35.5. The van der Waals surface area contributed by atoms with Gasteiger partial charge in [0.25, 0.3) is 5.91 Å². The van der Waals surface area contributed by atoms with E-state index in [4.69, 9.17) is 17.3 Å². The highest BCUT2D eigenvalue weighted by Crippen LogP contribution is 2.27. The molecule has 0 spiro atoms. The van der Waals surface area contributed by atoms with Crippen molar-refractivity contribution in [1.82, 2.24) is 5.32 Å². The van der Waals surface area contributed by atoms with E-state index in [1.807, 2.05) is 26.2 Å². The molecule has 0 aromatic carbocycles. The summed E-state index contributed by atoms with van der Waals surface area (Å²) in [6.07, 6.45) is 1.67. The summed E-state index contributed by atoms with van der Waals surface area (Å²) >= 11 is 7.40. The minimum Gasteiger partial charge on any atom is -0.349 e. The van der Waals surface area contributed by atoms with Gasteiger partial charge in [0, 0.05) is 12.1 Å². The van der Waals surface area contributed by atoms with Crippen molar-refractivity contribution in [3.05, 3.63) is 20.8 Å². The first-order valence-corrected chi connectivity index (χ1v) is 7.00. The lowest BCUT2D eigenvalue weighted by Crippen LogP contribution is -2.49. The van der Waals surface area contributed by atoms with Gasteiger partial charge in [-0.2, -0.15) is 0 Å². The van der Waals surface area contributed by atoms with Gasteiger partial charge >= 0.3 is 0 Å². The molecule has 0 aliphatic carbocycles. The summed E-state index contributed by atoms with van der Waals surface area (Å²) in [6, 6.07) is 0. The predicted molar refractivity (Wildman–Crippen MR) is 73.9 cm³/mol. The third-order valence-electron chi connectivity index (χ3n) is 3.11. The fourth-order valence-corrected chi connectivity index (χ4v) is 2.61. The molecule has 96 valence electrons. The molecule has 17 heavy (non-hydrogen) atoms. The molecule has 5 heteroatoms. The zero-order valence-corrected chi connectivity index (χ0v) is 12.0. The van der Waals surface area contributed by atoms with Gasteiger partial charge in [-0.25, -0.2) is 0 Å². The van der Waals surface area contributed by atoms with Crippen molar-refractivity contribution in [3.63, 3.8) is 0 Å². The SMILES string of the molecule is CCC(N)(CC)CNC(=O)c1scc(C)c1Cl. The number of carbonyl (C=O) groups is 1. The molecule has 1 aromatic heterocycles. The minimum atomic E-state index is -0.325. The summed E-state index contributed by atoms with van der Waals surface area (Å²) in [5, 5.41) is 5.28. The molecule has 1 heterocycles. The smallest absolute Gasteiger partial charge is 0.262 e. The van der Waals surface area contributed by atoms with Crippen LogP contribution in [0.1, 0.15) is 41.9 Å². The number of halogens is 1. The maximum absolute atomic E-state index is 11.9. The molecule has 0 unspecified atom stereocenters. The van der Waals surface area contributed by atoms with Crippen LogP contribution < -0.4 is 11.1 Å². The Labute approximate surface area is 111 Å². The van der Waals surface area contributed by atoms with Gasteiger partial charge in [0.15, 0.2) is 0 Å². The number of rotatable bonds is 5. The first kappa shape index (κ1) is 14.5. The fourth-order valence-electron chi connectivity index (χ4n) is 1.42. The Morgan fingerprint density at radius 1 is 1.53 bits per heavy atom. The molecule has 3 N–H and O–H groups in total. The number of carbonyl (C=O) groups excluding carboxylic acids is 1. The second-order valence-corrected chi connectivity index (χ2v) is 5.57. The Balaban J connectivity index is 2.65. The average molecular weight is 275 g/mol. The summed E-state index contributed by atoms with van der Waals surface area (Å²) in [5.74, 6) is -0.134. The van der Waals surface area contributed by atoms with Crippen LogP contribution in [-0.4, -0.2) is 18.0 Å². The summed E-state index contributed by atoms with van der Waals surface area (Å²) in [4.78, 5) is 12.5. The van der Waals surface area contributed by atoms with Crippen molar-refractivity contribution in [2.45, 2.75) is 39.2 Å². The monoisotopic (exact) mass is 274 g/mol. The van der Waals surface area contributed by atoms with Crippen molar-refractivity contribution in [2.75, 3.05) is 6.54 Å². The molecule has 3 nitrogen and oxygen atoms in total. The van der Waals surface area contributed by atoms with Gasteiger partial charge < -0.3 is 11.1 Å². The third-order valence-corrected chi connectivity index (χ3v) is 4.81. The largest absolute Gasteiger partial charge is 0.349 e. The van der Waals surface area contributed by atoms with Gasteiger partial charge in [-0.1, -0.05) is 25.4 Å². The molecule has 0 saturated heterocycles. The van der Waals surface area contributed by atoms with E-state index in [-0.39, 0.29) is 11.4 Å². The van der Waals surface area contributed by atoms with Gasteiger partial charge in [-0.05, 0) is 30.7 Å². The summed E-state index contributed by atoms with van der Waals surface area (Å²) in [5.41, 5.74) is 6.73. The van der Waals surface area contributed by atoms with Gasteiger partial charge in [-0.15, -0.1) is 11.3 Å². The van der Waals surface area contributed by atoms with Crippen molar-refractivity contribution in [2.24, 2.45) is 5.73 Å². The highest BCUT2D eigenvalue weighted by molar-refractivity contribution is 7.13. The van der Waals surface area contributed by atoms with Gasteiger partial charge in [-0.3, -0.25) is 4.79 Å². The van der Waals surface area contributed by atoms with Crippen LogP contribution in [0.25, 0.3) is 0 Å². The molecule has 0 atom stereocenters. The second-order valence-electron chi connectivity index (χ2n) is 4.31. The van der Waals surface area contributed by atoms with Crippen molar-refractivity contribution < 1.29 is 4.79 Å². The summed E-state index contributed by atoms with van der Waals surface area (Å²) in [7, 11) is 0. The predicted octanol–water partition coefficient (Wildman–Crippen LogP) is 2.96. The van der Waals surface area contributed by atoms with Gasteiger partial charge in [0.2, 0.25) is 0 Å². The number of hydrogen-bond donors (Lipinski definition) is 2. The molecule has 0 fully saturated rings. The standard InChI is InChI=1S/C12H19ClN2OS/c1-4-12(14,5-2)7-15-11(16)10-9(13)8(3)6-17-10/h6H,4-5,7,14H2,1-3H3,(H,15,16). The molecular weight excluding hydrogens is 256 g/mol. The van der Waals surface area contributed by atoms with E-state index in [9.17, 15) is 4.79 Å². The molecule has 0 radical (unpaired) electrons. The Bertz CT molecular complexity index is 399. The van der Waals surface area contributed by atoms with E-state index < -0.39 is 0 Å². The number of thiophene rings is 1. The quantitative estimate of drug-likeness (QED) is 0.867. The van der Waals surface area contributed by atoms with Crippen molar-refractivity contribution in [1.29, 1.82) is 0 Å². The van der Waals surface area contributed by atoms with E-state index in [2.05, 4.69) is 5.32 Å². The van der Waals surface area contributed by atoms with Gasteiger partial charge in [0.05, 0.1) is 5.02 Å². The van der Waals surface area contributed by atoms with Crippen LogP contribution >= 0.6 is 22.9 Å². The van der Waals surface area contributed by atoms with E-state index in [0.717, 1.165) is 18.4 Å². The van der Waals surface area contributed by atoms with Crippen molar-refractivity contribution >= 4 is 28.8 Å². The van der Waals surface area contributed by atoms with Crippen LogP contribution in [-0.2, 0) is 0 Å². The number of hydrogen-bond acceptors (Lipinski definition) is 3. The maximum Gasteiger partial charge on any atom is 0.262 e. The Morgan fingerprint density at radius 3 is 2.53 bits per heavy atom. The van der Waals surface area contributed by atoms with Crippen LogP contribution in [0.5, 0.6) is 0 Å². The molecule has 1 rings (SSSR count). The molecule has 1 amide bonds. The molecule has 0 aliphatic heterocycles. The first-order valence-electron chi connectivity index (χ1n) is 5.74. The zero-order chi connectivity index (χ0) is 13.1. The van der Waals surface area contributed by atoms with Crippen LogP contribution in [0.15, 0.2) is 5.38 Å². The van der Waals surface area contributed by atoms with E-state index in [1.54, 1.807) is 0 Å². The normalized spacial score (nSPS) is 11.6. The van der Waals surface area contributed by atoms with E-state index >= 15 is 0 Å². The van der Waals surface area contributed by atoms with Gasteiger partial charge in [0.1, 0.15) is 4.88 Å². The summed E-state index contributed by atoms with van der Waals surface area (Å²) in [6.45, 7) is 6.42. The average Bonchev–Trinajstić information content (AvgIpc) is 2.67. The molecule has 0 bridgehead atoms. The van der Waals surface area contributed by atoms with Crippen LogP contribution in [0, 0.1) is 6.92 Å². The Morgan fingerprint density at radius 2 is 2.12 bits per heavy atom. The molecule has 0 saturated carbocycles. The van der Waals surface area contributed by atoms with Crippen LogP contribution in [0.3, 0.4) is 0 Å². The lowest BCUT2D eigenvalue weighted by Gasteiger charge is -2.26. The number of aryl methyl sites for hydroxylation is 1. The molecule has 1 aromatic rings. The number of nitrogens with one attached hydrogen (secondary N) is 1. The van der Waals surface area contributed by atoms with Crippen molar-refractivity contribution in [3.8, 4) is 0 Å². The van der Waals surface area contributed by atoms with E-state index in [1.165, 1.54) is 11.3 Å². The zero-order valence-electron chi connectivity index (χ0n) is 10.5. The third kappa shape index (κ3) is 3.44. The topological polar surface area (TPSA) is 55.1 Å². The fraction of sp³-hybridized carbons (Fsp3) is 0.583. The minimum absolute atomic E-state index is 0.134. The number of amides is 1. The number of nitrogens with two attached hydrogens (primary N) is 1. The summed E-state index contributed by atoms with van der Waals surface area (Å²) < 4.78 is 0. The lowest BCUT2D eigenvalue weighted by molar-refractivity contribution is 0.0946. The molecular formula is C12H19ClN2OS. The Hall–Kier alpha value is -0.580. The van der Waals surface area contributed by atoms with E-state index in [0.29, 0.717) is 16.4 Å². The second kappa shape index (κ2) is 5.85. The Kier molecular flexibility index (Phi) is 4.98. The van der Waals surface area contributed by atoms with Crippen LogP contribution in [0.4, 0.5) is 0 Å². The highest BCUT2D eigenvalue weighted by Gasteiger charge is 2.22. The maximum atomic E-state index is 11.9. The van der Waals surface area contributed by atoms with Crippen LogP contribution in [0.2, 0.25) is 5.02 Å². The first-order chi connectivity index (χ1) is 7.93.